The van der Waals surface area contributed by atoms with Crippen LogP contribution in [0.2, 0.25) is 0 Å². The molecule has 188 valence electrons. The van der Waals surface area contributed by atoms with E-state index in [-0.39, 0.29) is 5.91 Å². The fraction of sp³-hybridized carbons (Fsp3) is 0.333. The zero-order valence-electron chi connectivity index (χ0n) is 19.7. The molecular formula is C27H27F3N4OS. The van der Waals surface area contributed by atoms with Crippen LogP contribution in [0.25, 0.3) is 15.9 Å². The minimum atomic E-state index is -4.33. The molecule has 1 saturated heterocycles. The van der Waals surface area contributed by atoms with Gasteiger partial charge in [-0.15, -0.1) is 11.3 Å². The number of likely N-dealkylation sites (tertiary alicyclic amines) is 1. The van der Waals surface area contributed by atoms with E-state index in [4.69, 9.17) is 0 Å². The summed E-state index contributed by atoms with van der Waals surface area (Å²) in [6.07, 6.45) is 1.97. The number of benzene rings is 2. The summed E-state index contributed by atoms with van der Waals surface area (Å²) >= 11 is 1.61. The van der Waals surface area contributed by atoms with Gasteiger partial charge in [0.15, 0.2) is 0 Å². The Morgan fingerprint density at radius 1 is 1.06 bits per heavy atom. The maximum Gasteiger partial charge on any atom is 0.416 e. The standard InChI is InChI=1S/C27H27F3N4OS/c28-27(29,30)21-5-7-22(8-6-21)34-14-11-20(18-34)17-33-12-9-19(10-13-33)15-25(35)31-16-26-32-23-3-1-2-4-24(23)36-26/h1-8,11,14,18-19H,9-10,12-13,15-17H2,(H,31,35). The van der Waals surface area contributed by atoms with E-state index in [1.54, 1.807) is 11.3 Å². The third-order valence-electron chi connectivity index (χ3n) is 6.61. The molecule has 4 aromatic rings. The van der Waals surface area contributed by atoms with Crippen molar-refractivity contribution in [1.29, 1.82) is 0 Å². The molecule has 5 rings (SSSR count). The van der Waals surface area contributed by atoms with Crippen molar-refractivity contribution in [3.05, 3.63) is 83.1 Å². The van der Waals surface area contributed by atoms with Crippen molar-refractivity contribution in [3.8, 4) is 5.69 Å². The number of nitrogens with one attached hydrogen (secondary N) is 1. The highest BCUT2D eigenvalue weighted by molar-refractivity contribution is 7.18. The van der Waals surface area contributed by atoms with E-state index >= 15 is 0 Å². The van der Waals surface area contributed by atoms with Crippen LogP contribution in [0, 0.1) is 5.92 Å². The number of amides is 1. The van der Waals surface area contributed by atoms with E-state index in [2.05, 4.69) is 15.2 Å². The first-order chi connectivity index (χ1) is 17.3. The summed E-state index contributed by atoms with van der Waals surface area (Å²) in [7, 11) is 0. The second kappa shape index (κ2) is 10.4. The van der Waals surface area contributed by atoms with Gasteiger partial charge in [0.2, 0.25) is 5.91 Å². The first kappa shape index (κ1) is 24.5. The number of para-hydroxylation sites is 1. The molecule has 2 aromatic heterocycles. The SMILES string of the molecule is O=C(CC1CCN(Cc2ccn(-c3ccc(C(F)(F)F)cc3)c2)CC1)NCc1nc2ccccc2s1. The maximum absolute atomic E-state index is 12.8. The number of hydrogen-bond donors (Lipinski definition) is 1. The Bertz CT molecular complexity index is 1290. The first-order valence-electron chi connectivity index (χ1n) is 12.0. The molecular weight excluding hydrogens is 485 g/mol. The Morgan fingerprint density at radius 2 is 1.81 bits per heavy atom. The van der Waals surface area contributed by atoms with E-state index in [0.717, 1.165) is 65.4 Å². The lowest BCUT2D eigenvalue weighted by molar-refractivity contribution is -0.137. The summed E-state index contributed by atoms with van der Waals surface area (Å²) in [4.78, 5) is 19.4. The van der Waals surface area contributed by atoms with Crippen molar-refractivity contribution in [2.75, 3.05) is 13.1 Å². The number of aromatic nitrogens is 2. The van der Waals surface area contributed by atoms with Crippen LogP contribution < -0.4 is 5.32 Å². The number of carbonyl (C=O) groups is 1. The lowest BCUT2D eigenvalue weighted by Gasteiger charge is -2.31. The highest BCUT2D eigenvalue weighted by Gasteiger charge is 2.30. The number of piperidine rings is 1. The second-order valence-corrected chi connectivity index (χ2v) is 10.4. The molecule has 0 radical (unpaired) electrons. The van der Waals surface area contributed by atoms with Crippen molar-refractivity contribution in [1.82, 2.24) is 19.8 Å². The molecule has 0 unspecified atom stereocenters. The Kier molecular flexibility index (Phi) is 7.11. The van der Waals surface area contributed by atoms with Gasteiger partial charge in [-0.25, -0.2) is 4.98 Å². The zero-order chi connectivity index (χ0) is 25.1. The van der Waals surface area contributed by atoms with Gasteiger partial charge in [0.25, 0.3) is 0 Å². The van der Waals surface area contributed by atoms with Crippen molar-refractivity contribution in [3.63, 3.8) is 0 Å². The predicted octanol–water partition coefficient (Wildman–Crippen LogP) is 6.02. The van der Waals surface area contributed by atoms with Crippen LogP contribution in [0.15, 0.2) is 67.0 Å². The molecule has 0 atom stereocenters. The second-order valence-electron chi connectivity index (χ2n) is 9.25. The fourth-order valence-electron chi connectivity index (χ4n) is 4.63. The molecule has 1 N–H and O–H groups in total. The van der Waals surface area contributed by atoms with Gasteiger partial charge >= 0.3 is 6.18 Å². The topological polar surface area (TPSA) is 50.2 Å². The van der Waals surface area contributed by atoms with Crippen molar-refractivity contribution in [2.24, 2.45) is 5.92 Å². The smallest absolute Gasteiger partial charge is 0.350 e. The van der Waals surface area contributed by atoms with Gasteiger partial charge in [-0.05, 0) is 79.9 Å². The van der Waals surface area contributed by atoms with Crippen molar-refractivity contribution < 1.29 is 18.0 Å². The highest BCUT2D eigenvalue weighted by Crippen LogP contribution is 2.30. The lowest BCUT2D eigenvalue weighted by atomic mass is 9.93. The van der Waals surface area contributed by atoms with E-state index in [1.165, 1.54) is 12.1 Å². The lowest BCUT2D eigenvalue weighted by Crippen LogP contribution is -2.35. The largest absolute Gasteiger partial charge is 0.416 e. The number of hydrogen-bond acceptors (Lipinski definition) is 4. The first-order valence-corrected chi connectivity index (χ1v) is 12.8. The number of alkyl halides is 3. The minimum Gasteiger partial charge on any atom is -0.350 e. The van der Waals surface area contributed by atoms with Crippen LogP contribution in [0.1, 0.15) is 35.4 Å². The molecule has 2 aromatic carbocycles. The summed E-state index contributed by atoms with van der Waals surface area (Å²) in [5, 5.41) is 3.94. The molecule has 0 aliphatic carbocycles. The average molecular weight is 513 g/mol. The van der Waals surface area contributed by atoms with Crippen LogP contribution >= 0.6 is 11.3 Å². The van der Waals surface area contributed by atoms with Crippen molar-refractivity contribution in [2.45, 2.75) is 38.5 Å². The predicted molar refractivity (Wildman–Crippen MR) is 135 cm³/mol. The zero-order valence-corrected chi connectivity index (χ0v) is 20.5. The molecule has 0 bridgehead atoms. The molecule has 36 heavy (non-hydrogen) atoms. The average Bonchev–Trinajstić information content (AvgIpc) is 3.50. The quantitative estimate of drug-likeness (QED) is 0.329. The molecule has 1 amide bonds. The Labute approximate surface area is 211 Å². The number of halogens is 3. The molecule has 0 spiro atoms. The number of rotatable bonds is 7. The van der Waals surface area contributed by atoms with Gasteiger partial charge in [-0.2, -0.15) is 13.2 Å². The molecule has 1 aliphatic rings. The molecule has 0 saturated carbocycles. The van der Waals surface area contributed by atoms with Gasteiger partial charge < -0.3 is 9.88 Å². The summed E-state index contributed by atoms with van der Waals surface area (Å²) < 4.78 is 41.4. The van der Waals surface area contributed by atoms with E-state index in [9.17, 15) is 18.0 Å². The molecule has 1 fully saturated rings. The number of carbonyl (C=O) groups excluding carboxylic acids is 1. The fourth-order valence-corrected chi connectivity index (χ4v) is 5.54. The Morgan fingerprint density at radius 3 is 2.53 bits per heavy atom. The number of nitrogens with zero attached hydrogens (tertiary/aromatic N) is 3. The maximum atomic E-state index is 12.8. The van der Waals surface area contributed by atoms with E-state index in [0.29, 0.717) is 24.6 Å². The van der Waals surface area contributed by atoms with E-state index < -0.39 is 11.7 Å². The summed E-state index contributed by atoms with van der Waals surface area (Å²) in [6.45, 7) is 3.08. The van der Waals surface area contributed by atoms with Crippen LogP contribution in [-0.4, -0.2) is 33.4 Å². The summed E-state index contributed by atoms with van der Waals surface area (Å²) in [5.74, 6) is 0.440. The highest BCUT2D eigenvalue weighted by atomic mass is 32.1. The number of thiazole rings is 1. The van der Waals surface area contributed by atoms with Crippen LogP contribution in [0.4, 0.5) is 13.2 Å². The summed E-state index contributed by atoms with van der Waals surface area (Å²) in [6, 6.07) is 15.2. The monoisotopic (exact) mass is 512 g/mol. The van der Waals surface area contributed by atoms with Gasteiger partial charge in [0.05, 0.1) is 22.3 Å². The molecule has 5 nitrogen and oxygen atoms in total. The third kappa shape index (κ3) is 5.96. The van der Waals surface area contributed by atoms with E-state index in [1.807, 2.05) is 47.3 Å². The molecule has 9 heteroatoms. The number of fused-ring (bicyclic) bond motifs is 1. The van der Waals surface area contributed by atoms with Gasteiger partial charge in [0, 0.05) is 31.0 Å². The summed E-state index contributed by atoms with van der Waals surface area (Å²) in [5.41, 5.74) is 2.13. The Hall–Kier alpha value is -3.17. The van der Waals surface area contributed by atoms with Gasteiger partial charge in [0.1, 0.15) is 5.01 Å². The Balaban J connectivity index is 1.06. The molecule has 1 aliphatic heterocycles. The third-order valence-corrected chi connectivity index (χ3v) is 7.65. The van der Waals surface area contributed by atoms with Crippen LogP contribution in [-0.2, 0) is 24.1 Å². The van der Waals surface area contributed by atoms with Crippen LogP contribution in [0.3, 0.4) is 0 Å². The van der Waals surface area contributed by atoms with Gasteiger partial charge in [-0.3, -0.25) is 9.69 Å². The van der Waals surface area contributed by atoms with Gasteiger partial charge in [-0.1, -0.05) is 12.1 Å². The molecule has 3 heterocycles. The minimum absolute atomic E-state index is 0.0707. The van der Waals surface area contributed by atoms with Crippen LogP contribution in [0.5, 0.6) is 0 Å². The van der Waals surface area contributed by atoms with Crippen molar-refractivity contribution >= 4 is 27.5 Å². The normalized spacial score (nSPS) is 15.4.